The lowest BCUT2D eigenvalue weighted by Gasteiger charge is -2.07. The van der Waals surface area contributed by atoms with Crippen molar-refractivity contribution >= 4 is 28.3 Å². The normalized spacial score (nSPS) is 10.5. The monoisotopic (exact) mass is 348 g/mol. The van der Waals surface area contributed by atoms with E-state index >= 15 is 0 Å². The third kappa shape index (κ3) is 5.40. The maximum absolute atomic E-state index is 11.7. The minimum Gasteiger partial charge on any atom is -0.497 e. The quantitative estimate of drug-likeness (QED) is 0.343. The number of nitrogens with zero attached hydrogens (tertiary/aromatic N) is 1. The van der Waals surface area contributed by atoms with Crippen molar-refractivity contribution in [3.8, 4) is 11.5 Å². The molecule has 0 unspecified atom stereocenters. The number of carbonyl (C=O) groups is 1. The Balaban J connectivity index is 1.70. The molecule has 0 bridgehead atoms. The van der Waals surface area contributed by atoms with Gasteiger partial charge < -0.3 is 14.8 Å². The summed E-state index contributed by atoms with van der Waals surface area (Å²) < 4.78 is 10.5. The Hall–Kier alpha value is -2.87. The molecule has 0 fully saturated rings. The van der Waals surface area contributed by atoms with Gasteiger partial charge in [-0.1, -0.05) is 11.3 Å². The van der Waals surface area contributed by atoms with Gasteiger partial charge in [0.15, 0.2) is 0 Å². The van der Waals surface area contributed by atoms with E-state index in [9.17, 15) is 14.9 Å². The minimum atomic E-state index is -0.460. The number of carbonyl (C=O) groups excluding carboxylic acids is 1. The summed E-state index contributed by atoms with van der Waals surface area (Å²) in [6.45, 7) is 0.677. The summed E-state index contributed by atoms with van der Waals surface area (Å²) in [5.74, 6) is 1.14. The van der Waals surface area contributed by atoms with Crippen LogP contribution in [0, 0.1) is 10.1 Å². The van der Waals surface area contributed by atoms with Gasteiger partial charge in [-0.3, -0.25) is 14.9 Å². The maximum Gasteiger partial charge on any atom is 0.324 e. The smallest absolute Gasteiger partial charge is 0.324 e. The molecule has 1 aromatic heterocycles. The Morgan fingerprint density at radius 1 is 1.25 bits per heavy atom. The fourth-order valence-electron chi connectivity index (χ4n) is 1.76. The lowest BCUT2D eigenvalue weighted by molar-refractivity contribution is -0.380. The Morgan fingerprint density at radius 2 is 1.96 bits per heavy atom. The topological polar surface area (TPSA) is 90.7 Å². The van der Waals surface area contributed by atoms with Crippen LogP contribution < -0.4 is 14.8 Å². The molecule has 1 heterocycles. The summed E-state index contributed by atoms with van der Waals surface area (Å²) in [7, 11) is 1.59. The highest BCUT2D eigenvalue weighted by Gasteiger charge is 2.07. The standard InChI is InChI=1S/C16H16N2O5S/c1-22-12-2-4-13(5-3-12)23-11-10-17-15(19)8-6-14-7-9-16(24-14)18(20)21/h2-9H,10-11H2,1H3,(H,17,19)/b8-6+. The van der Waals surface area contributed by atoms with Gasteiger partial charge in [0.25, 0.3) is 0 Å². The zero-order chi connectivity index (χ0) is 17.4. The van der Waals surface area contributed by atoms with Gasteiger partial charge in [-0.25, -0.2) is 0 Å². The van der Waals surface area contributed by atoms with Gasteiger partial charge in [-0.05, 0) is 36.4 Å². The molecule has 2 aromatic rings. The van der Waals surface area contributed by atoms with Crippen molar-refractivity contribution in [2.24, 2.45) is 0 Å². The second-order valence-corrected chi connectivity index (χ2v) is 5.68. The Kier molecular flexibility index (Phi) is 6.32. The van der Waals surface area contributed by atoms with Gasteiger partial charge in [0, 0.05) is 17.0 Å². The fourth-order valence-corrected chi connectivity index (χ4v) is 2.49. The van der Waals surface area contributed by atoms with Crippen molar-refractivity contribution in [3.05, 3.63) is 57.5 Å². The van der Waals surface area contributed by atoms with E-state index in [0.29, 0.717) is 23.8 Å². The first-order valence-electron chi connectivity index (χ1n) is 7.05. The zero-order valence-corrected chi connectivity index (χ0v) is 13.7. The van der Waals surface area contributed by atoms with Gasteiger partial charge in [-0.2, -0.15) is 0 Å². The summed E-state index contributed by atoms with van der Waals surface area (Å²) in [4.78, 5) is 22.4. The molecule has 0 spiro atoms. The first kappa shape index (κ1) is 17.5. The Bertz CT molecular complexity index is 724. The Labute approximate surface area is 142 Å². The van der Waals surface area contributed by atoms with E-state index in [1.807, 2.05) is 0 Å². The first-order valence-corrected chi connectivity index (χ1v) is 7.87. The van der Waals surface area contributed by atoms with E-state index in [1.54, 1.807) is 37.4 Å². The van der Waals surface area contributed by atoms with Crippen molar-refractivity contribution in [3.63, 3.8) is 0 Å². The van der Waals surface area contributed by atoms with Gasteiger partial charge in [0.05, 0.1) is 18.6 Å². The van der Waals surface area contributed by atoms with Crippen molar-refractivity contribution < 1.29 is 19.2 Å². The van der Waals surface area contributed by atoms with Crippen LogP contribution in [-0.2, 0) is 4.79 Å². The molecule has 1 N–H and O–H groups in total. The minimum absolute atomic E-state index is 0.0444. The van der Waals surface area contributed by atoms with E-state index in [2.05, 4.69) is 5.32 Å². The number of amides is 1. The van der Waals surface area contributed by atoms with Crippen LogP contribution in [0.4, 0.5) is 5.00 Å². The number of rotatable bonds is 8. The highest BCUT2D eigenvalue weighted by Crippen LogP contribution is 2.24. The summed E-state index contributed by atoms with van der Waals surface area (Å²) >= 11 is 1.01. The number of methoxy groups -OCH3 is 1. The van der Waals surface area contributed by atoms with E-state index in [-0.39, 0.29) is 10.9 Å². The molecule has 8 heteroatoms. The first-order chi connectivity index (χ1) is 11.6. The van der Waals surface area contributed by atoms with E-state index in [4.69, 9.17) is 9.47 Å². The molecule has 0 aliphatic rings. The number of nitro groups is 1. The van der Waals surface area contributed by atoms with Crippen LogP contribution in [0.1, 0.15) is 4.88 Å². The van der Waals surface area contributed by atoms with Crippen molar-refractivity contribution in [1.82, 2.24) is 5.32 Å². The molecule has 24 heavy (non-hydrogen) atoms. The Morgan fingerprint density at radius 3 is 2.58 bits per heavy atom. The van der Waals surface area contributed by atoms with Crippen LogP contribution in [0.3, 0.4) is 0 Å². The van der Waals surface area contributed by atoms with Crippen molar-refractivity contribution in [2.75, 3.05) is 20.3 Å². The number of ether oxygens (including phenoxy) is 2. The van der Waals surface area contributed by atoms with Crippen LogP contribution in [0.25, 0.3) is 6.08 Å². The molecule has 0 atom stereocenters. The second-order valence-electron chi connectivity index (χ2n) is 4.58. The summed E-state index contributed by atoms with van der Waals surface area (Å²) in [5.41, 5.74) is 0. The third-order valence-corrected chi connectivity index (χ3v) is 3.92. The van der Waals surface area contributed by atoms with Crippen molar-refractivity contribution in [1.29, 1.82) is 0 Å². The number of hydrogen-bond acceptors (Lipinski definition) is 6. The summed E-state index contributed by atoms with van der Waals surface area (Å²) in [6, 6.07) is 10.1. The SMILES string of the molecule is COc1ccc(OCCNC(=O)/C=C/c2ccc([N+](=O)[O-])s2)cc1. The number of thiophene rings is 1. The van der Waals surface area contributed by atoms with Crippen LogP contribution in [0.2, 0.25) is 0 Å². The average Bonchev–Trinajstić information content (AvgIpc) is 3.07. The molecule has 0 aliphatic heterocycles. The third-order valence-electron chi connectivity index (χ3n) is 2.92. The van der Waals surface area contributed by atoms with Gasteiger partial charge in [0.2, 0.25) is 5.91 Å². The van der Waals surface area contributed by atoms with Gasteiger partial charge in [-0.15, -0.1) is 0 Å². The summed E-state index contributed by atoms with van der Waals surface area (Å²) in [5, 5.41) is 13.3. The zero-order valence-electron chi connectivity index (χ0n) is 12.9. The molecule has 0 saturated carbocycles. The second kappa shape index (κ2) is 8.68. The lowest BCUT2D eigenvalue weighted by Crippen LogP contribution is -2.26. The highest BCUT2D eigenvalue weighted by molar-refractivity contribution is 7.16. The van der Waals surface area contributed by atoms with E-state index in [1.165, 1.54) is 18.2 Å². The molecule has 126 valence electrons. The van der Waals surface area contributed by atoms with Crippen LogP contribution >= 0.6 is 11.3 Å². The molecule has 1 amide bonds. The fraction of sp³-hybridized carbons (Fsp3) is 0.188. The maximum atomic E-state index is 11.7. The van der Waals surface area contributed by atoms with Crippen molar-refractivity contribution in [2.45, 2.75) is 0 Å². The summed E-state index contributed by atoms with van der Waals surface area (Å²) in [6.07, 6.45) is 2.88. The molecular formula is C16H16N2O5S. The molecule has 7 nitrogen and oxygen atoms in total. The van der Waals surface area contributed by atoms with Crippen LogP contribution in [-0.4, -0.2) is 31.1 Å². The number of hydrogen-bond donors (Lipinski definition) is 1. The molecule has 1 aromatic carbocycles. The predicted octanol–water partition coefficient (Wildman–Crippen LogP) is 2.87. The van der Waals surface area contributed by atoms with E-state index in [0.717, 1.165) is 17.1 Å². The van der Waals surface area contributed by atoms with Gasteiger partial charge in [0.1, 0.15) is 18.1 Å². The molecule has 0 saturated heterocycles. The van der Waals surface area contributed by atoms with Crippen LogP contribution in [0.15, 0.2) is 42.5 Å². The predicted molar refractivity (Wildman–Crippen MR) is 91.5 cm³/mol. The number of nitrogens with one attached hydrogen (secondary N) is 1. The molecule has 0 radical (unpaired) electrons. The van der Waals surface area contributed by atoms with Gasteiger partial charge >= 0.3 is 5.00 Å². The lowest BCUT2D eigenvalue weighted by atomic mass is 10.3. The highest BCUT2D eigenvalue weighted by atomic mass is 32.1. The van der Waals surface area contributed by atoms with E-state index < -0.39 is 4.92 Å². The largest absolute Gasteiger partial charge is 0.497 e. The number of benzene rings is 1. The molecule has 0 aliphatic carbocycles. The molecule has 2 rings (SSSR count). The average molecular weight is 348 g/mol. The van der Waals surface area contributed by atoms with Crippen LogP contribution in [0.5, 0.6) is 11.5 Å². The molecular weight excluding hydrogens is 332 g/mol.